The van der Waals surface area contributed by atoms with Crippen molar-refractivity contribution in [2.45, 2.75) is 39.5 Å². The SMILES string of the molecule is CC(=O)N/N=C/c1c(O)c(C)cc2c3c(c(=O)oc12)CCCC3. The number of hydrogen-bond acceptors (Lipinski definition) is 5. The lowest BCUT2D eigenvalue weighted by Gasteiger charge is -2.17. The molecule has 1 amide bonds. The number of benzene rings is 1. The van der Waals surface area contributed by atoms with E-state index in [9.17, 15) is 14.7 Å². The number of hydrogen-bond donors (Lipinski definition) is 2. The van der Waals surface area contributed by atoms with Crippen molar-refractivity contribution < 1.29 is 14.3 Å². The zero-order valence-electron chi connectivity index (χ0n) is 13.1. The molecule has 0 bridgehead atoms. The summed E-state index contributed by atoms with van der Waals surface area (Å²) in [6, 6.07) is 1.84. The van der Waals surface area contributed by atoms with Crippen molar-refractivity contribution in [1.82, 2.24) is 5.43 Å². The van der Waals surface area contributed by atoms with Crippen LogP contribution in [-0.4, -0.2) is 17.2 Å². The molecule has 0 saturated carbocycles. The molecule has 1 aliphatic rings. The Hall–Kier alpha value is -2.63. The number of rotatable bonds is 2. The van der Waals surface area contributed by atoms with Gasteiger partial charge in [0.2, 0.25) is 5.91 Å². The van der Waals surface area contributed by atoms with Crippen molar-refractivity contribution in [3.8, 4) is 5.75 Å². The summed E-state index contributed by atoms with van der Waals surface area (Å²) in [6.45, 7) is 3.12. The molecule has 0 spiro atoms. The second kappa shape index (κ2) is 5.87. The number of phenols is 1. The molecule has 1 aromatic carbocycles. The predicted molar refractivity (Wildman–Crippen MR) is 86.9 cm³/mol. The Labute approximate surface area is 132 Å². The first kappa shape index (κ1) is 15.3. The first-order valence-corrected chi connectivity index (χ1v) is 7.60. The minimum atomic E-state index is -0.357. The number of hydrazone groups is 1. The van der Waals surface area contributed by atoms with Crippen LogP contribution in [0.25, 0.3) is 11.0 Å². The number of aryl methyl sites for hydroxylation is 2. The summed E-state index contributed by atoms with van der Waals surface area (Å²) in [7, 11) is 0. The Balaban J connectivity index is 2.28. The summed E-state index contributed by atoms with van der Waals surface area (Å²) >= 11 is 0. The van der Waals surface area contributed by atoms with E-state index in [1.807, 2.05) is 6.07 Å². The number of phenolic OH excluding ortho intramolecular Hbond substituents is 1. The predicted octanol–water partition coefficient (Wildman–Crippen LogP) is 2.16. The van der Waals surface area contributed by atoms with Gasteiger partial charge in [-0.25, -0.2) is 10.2 Å². The van der Waals surface area contributed by atoms with Crippen molar-refractivity contribution in [3.05, 3.63) is 38.7 Å². The lowest BCUT2D eigenvalue weighted by atomic mass is 9.89. The molecule has 23 heavy (non-hydrogen) atoms. The topological polar surface area (TPSA) is 91.9 Å². The summed E-state index contributed by atoms with van der Waals surface area (Å²) in [6.07, 6.45) is 4.87. The minimum Gasteiger partial charge on any atom is -0.507 e. The van der Waals surface area contributed by atoms with Gasteiger partial charge in [-0.1, -0.05) is 0 Å². The van der Waals surface area contributed by atoms with E-state index in [1.165, 1.54) is 13.1 Å². The fourth-order valence-electron chi connectivity index (χ4n) is 3.04. The van der Waals surface area contributed by atoms with E-state index in [4.69, 9.17) is 4.42 Å². The Bertz CT molecular complexity index is 881. The van der Waals surface area contributed by atoms with E-state index in [0.717, 1.165) is 42.2 Å². The normalized spacial score (nSPS) is 14.2. The van der Waals surface area contributed by atoms with Crippen LogP contribution in [0.2, 0.25) is 0 Å². The molecule has 1 aromatic heterocycles. The maximum absolute atomic E-state index is 12.2. The number of carbonyl (C=O) groups is 1. The molecule has 0 aliphatic heterocycles. The maximum atomic E-state index is 12.2. The standard InChI is InChI=1S/C17H18N2O4/c1-9-7-13-11-5-3-4-6-12(11)17(22)23-16(13)14(15(9)21)8-18-19-10(2)20/h7-8,21H,3-6H2,1-2H3,(H,19,20)/b18-8+. The number of fused-ring (bicyclic) bond motifs is 3. The first-order chi connectivity index (χ1) is 11.0. The van der Waals surface area contributed by atoms with E-state index in [1.54, 1.807) is 6.92 Å². The van der Waals surface area contributed by atoms with Gasteiger partial charge in [0.1, 0.15) is 5.75 Å². The van der Waals surface area contributed by atoms with Crippen molar-refractivity contribution in [2.24, 2.45) is 5.10 Å². The summed E-state index contributed by atoms with van der Waals surface area (Å²) < 4.78 is 5.47. The molecular formula is C17H18N2O4. The molecular weight excluding hydrogens is 296 g/mol. The highest BCUT2D eigenvalue weighted by molar-refractivity contribution is 6.01. The monoisotopic (exact) mass is 314 g/mol. The van der Waals surface area contributed by atoms with Crippen LogP contribution in [0, 0.1) is 6.92 Å². The summed E-state index contributed by atoms with van der Waals surface area (Å²) in [5.41, 5.74) is 4.95. The average molecular weight is 314 g/mol. The molecule has 6 nitrogen and oxygen atoms in total. The van der Waals surface area contributed by atoms with Crippen LogP contribution < -0.4 is 11.1 Å². The Morgan fingerprint density at radius 2 is 2.04 bits per heavy atom. The Kier molecular flexibility index (Phi) is 3.90. The highest BCUT2D eigenvalue weighted by Crippen LogP contribution is 2.34. The van der Waals surface area contributed by atoms with Crippen LogP contribution in [0.3, 0.4) is 0 Å². The van der Waals surface area contributed by atoms with E-state index < -0.39 is 0 Å². The van der Waals surface area contributed by atoms with Crippen LogP contribution in [-0.2, 0) is 17.6 Å². The average Bonchev–Trinajstić information content (AvgIpc) is 2.52. The molecule has 2 aromatic rings. The highest BCUT2D eigenvalue weighted by atomic mass is 16.4. The van der Waals surface area contributed by atoms with Crippen molar-refractivity contribution in [1.29, 1.82) is 0 Å². The molecule has 3 rings (SSSR count). The number of carbonyl (C=O) groups excluding carboxylic acids is 1. The van der Waals surface area contributed by atoms with E-state index in [0.29, 0.717) is 16.7 Å². The van der Waals surface area contributed by atoms with Gasteiger partial charge in [0, 0.05) is 17.9 Å². The third kappa shape index (κ3) is 2.72. The number of amides is 1. The summed E-state index contributed by atoms with van der Waals surface area (Å²) in [5.74, 6) is -0.331. The van der Waals surface area contributed by atoms with E-state index >= 15 is 0 Å². The molecule has 2 N–H and O–H groups in total. The lowest BCUT2D eigenvalue weighted by Crippen LogP contribution is -2.16. The molecule has 120 valence electrons. The van der Waals surface area contributed by atoms with Crippen LogP contribution in [0.4, 0.5) is 0 Å². The van der Waals surface area contributed by atoms with Gasteiger partial charge in [-0.3, -0.25) is 4.79 Å². The maximum Gasteiger partial charge on any atom is 0.339 e. The molecule has 0 atom stereocenters. The van der Waals surface area contributed by atoms with Crippen LogP contribution >= 0.6 is 0 Å². The van der Waals surface area contributed by atoms with Gasteiger partial charge in [-0.15, -0.1) is 0 Å². The largest absolute Gasteiger partial charge is 0.507 e. The van der Waals surface area contributed by atoms with Gasteiger partial charge in [0.15, 0.2) is 5.58 Å². The van der Waals surface area contributed by atoms with E-state index in [-0.39, 0.29) is 17.3 Å². The minimum absolute atomic E-state index is 0.00879. The Morgan fingerprint density at radius 1 is 1.35 bits per heavy atom. The zero-order valence-corrected chi connectivity index (χ0v) is 13.1. The molecule has 0 saturated heterocycles. The van der Waals surface area contributed by atoms with Gasteiger partial charge in [0.25, 0.3) is 0 Å². The van der Waals surface area contributed by atoms with Crippen molar-refractivity contribution in [3.63, 3.8) is 0 Å². The smallest absolute Gasteiger partial charge is 0.339 e. The quantitative estimate of drug-likeness (QED) is 0.505. The summed E-state index contributed by atoms with van der Waals surface area (Å²) in [4.78, 5) is 23.2. The second-order valence-electron chi connectivity index (χ2n) is 5.81. The number of nitrogens with one attached hydrogen (secondary N) is 1. The van der Waals surface area contributed by atoms with Crippen molar-refractivity contribution >= 4 is 23.1 Å². The first-order valence-electron chi connectivity index (χ1n) is 7.60. The molecule has 0 radical (unpaired) electrons. The third-order valence-corrected chi connectivity index (χ3v) is 4.13. The van der Waals surface area contributed by atoms with Gasteiger partial charge >= 0.3 is 5.63 Å². The fraction of sp³-hybridized carbons (Fsp3) is 0.353. The number of nitrogens with zero attached hydrogens (tertiary/aromatic N) is 1. The molecule has 0 unspecified atom stereocenters. The zero-order chi connectivity index (χ0) is 16.6. The van der Waals surface area contributed by atoms with Crippen LogP contribution in [0.1, 0.15) is 42.0 Å². The lowest BCUT2D eigenvalue weighted by molar-refractivity contribution is -0.118. The fourth-order valence-corrected chi connectivity index (χ4v) is 3.04. The van der Waals surface area contributed by atoms with Gasteiger partial charge in [0.05, 0.1) is 11.8 Å². The highest BCUT2D eigenvalue weighted by Gasteiger charge is 2.21. The Morgan fingerprint density at radius 3 is 2.74 bits per heavy atom. The van der Waals surface area contributed by atoms with Gasteiger partial charge in [-0.05, 0) is 49.8 Å². The second-order valence-corrected chi connectivity index (χ2v) is 5.81. The molecule has 1 aliphatic carbocycles. The number of aromatic hydroxyl groups is 1. The molecule has 1 heterocycles. The van der Waals surface area contributed by atoms with Crippen LogP contribution in [0.5, 0.6) is 5.75 Å². The van der Waals surface area contributed by atoms with Crippen molar-refractivity contribution in [2.75, 3.05) is 0 Å². The van der Waals surface area contributed by atoms with E-state index in [2.05, 4.69) is 10.5 Å². The molecule has 6 heteroatoms. The molecule has 0 fully saturated rings. The summed E-state index contributed by atoms with van der Waals surface area (Å²) in [5, 5.41) is 14.9. The third-order valence-electron chi connectivity index (χ3n) is 4.13. The van der Waals surface area contributed by atoms with Gasteiger partial charge in [-0.2, -0.15) is 5.10 Å². The van der Waals surface area contributed by atoms with Crippen LogP contribution in [0.15, 0.2) is 20.4 Å². The van der Waals surface area contributed by atoms with Gasteiger partial charge < -0.3 is 9.52 Å².